The van der Waals surface area contributed by atoms with Crippen LogP contribution in [0.15, 0.2) is 85.0 Å². The van der Waals surface area contributed by atoms with Crippen molar-refractivity contribution in [2.75, 3.05) is 6.54 Å². The summed E-state index contributed by atoms with van der Waals surface area (Å²) in [4.78, 5) is 0. The van der Waals surface area contributed by atoms with E-state index in [1.54, 1.807) is 12.2 Å². The van der Waals surface area contributed by atoms with Crippen molar-refractivity contribution in [2.45, 2.75) is 0 Å². The second-order valence-corrected chi connectivity index (χ2v) is 6.05. The highest BCUT2D eigenvalue weighted by atomic mass is 15.0. The van der Waals surface area contributed by atoms with Gasteiger partial charge in [-0.1, -0.05) is 61.2 Å². The van der Waals surface area contributed by atoms with Crippen LogP contribution in [0.4, 0.5) is 0 Å². The van der Waals surface area contributed by atoms with Gasteiger partial charge in [0.1, 0.15) is 5.84 Å². The molecule has 1 heterocycles. The number of fused-ring (bicyclic) bond motifs is 5. The predicted octanol–water partition coefficient (Wildman–Crippen LogP) is 4.84. The van der Waals surface area contributed by atoms with Gasteiger partial charge >= 0.3 is 0 Å². The number of allylic oxidation sites excluding steroid dienone is 1. The zero-order valence-corrected chi connectivity index (χ0v) is 13.9. The summed E-state index contributed by atoms with van der Waals surface area (Å²) in [5.74, 6) is 0.391. The van der Waals surface area contributed by atoms with Crippen molar-refractivity contribution in [1.82, 2.24) is 4.57 Å². The maximum Gasteiger partial charge on any atom is 0.130 e. The number of nitrogens with zero attached hydrogens (tertiary/aromatic N) is 1. The van der Waals surface area contributed by atoms with Crippen molar-refractivity contribution < 1.29 is 0 Å². The number of hydrogen-bond acceptors (Lipinski definition) is 2. The van der Waals surface area contributed by atoms with Crippen molar-refractivity contribution in [1.29, 1.82) is 5.41 Å². The summed E-state index contributed by atoms with van der Waals surface area (Å²) in [6.45, 7) is 4.14. The number of nitrogens with two attached hydrogens (primary N) is 1. The molecule has 0 saturated carbocycles. The smallest absolute Gasteiger partial charge is 0.130 e. The van der Waals surface area contributed by atoms with E-state index >= 15 is 0 Å². The van der Waals surface area contributed by atoms with Crippen LogP contribution in [0.1, 0.15) is 0 Å². The Morgan fingerprint density at radius 1 is 0.960 bits per heavy atom. The van der Waals surface area contributed by atoms with Gasteiger partial charge in [0.25, 0.3) is 0 Å². The highest BCUT2D eigenvalue weighted by Gasteiger charge is 2.14. The molecule has 0 bridgehead atoms. The Balaban J connectivity index is 2.13. The number of aromatic nitrogens is 1. The van der Waals surface area contributed by atoms with Gasteiger partial charge in [0, 0.05) is 17.3 Å². The lowest BCUT2D eigenvalue weighted by molar-refractivity contribution is 1.17. The third-order valence-corrected chi connectivity index (χ3v) is 4.62. The van der Waals surface area contributed by atoms with E-state index in [1.165, 1.54) is 16.2 Å². The van der Waals surface area contributed by atoms with Crippen LogP contribution in [0.5, 0.6) is 0 Å². The topological polar surface area (TPSA) is 54.8 Å². The van der Waals surface area contributed by atoms with Gasteiger partial charge in [-0.15, -0.1) is 0 Å². The summed E-state index contributed by atoms with van der Waals surface area (Å²) in [7, 11) is 0. The van der Waals surface area contributed by atoms with Crippen LogP contribution < -0.4 is 5.73 Å². The van der Waals surface area contributed by atoms with E-state index in [0.29, 0.717) is 12.4 Å². The highest BCUT2D eigenvalue weighted by molar-refractivity contribution is 6.24. The normalized spacial score (nSPS) is 12.1. The Morgan fingerprint density at radius 2 is 1.68 bits per heavy atom. The zero-order chi connectivity index (χ0) is 17.4. The molecule has 4 aromatic rings. The van der Waals surface area contributed by atoms with E-state index in [2.05, 4.69) is 55.1 Å². The minimum absolute atomic E-state index is 0.367. The number of nitrogens with one attached hydrogen (secondary N) is 1. The maximum absolute atomic E-state index is 8.64. The summed E-state index contributed by atoms with van der Waals surface area (Å²) < 4.78 is 1.98. The van der Waals surface area contributed by atoms with Gasteiger partial charge in [0.15, 0.2) is 0 Å². The van der Waals surface area contributed by atoms with E-state index < -0.39 is 0 Å². The van der Waals surface area contributed by atoms with Gasteiger partial charge in [0.05, 0.1) is 11.0 Å². The van der Waals surface area contributed by atoms with Gasteiger partial charge in [-0.25, -0.2) is 0 Å². The summed E-state index contributed by atoms with van der Waals surface area (Å²) in [5.41, 5.74) is 8.64. The van der Waals surface area contributed by atoms with Crippen LogP contribution in [-0.4, -0.2) is 16.9 Å². The minimum Gasteiger partial charge on any atom is -0.326 e. The molecule has 122 valence electrons. The first-order chi connectivity index (χ1) is 12.2. The number of para-hydroxylation sites is 1. The molecule has 4 rings (SSSR count). The molecule has 0 fully saturated rings. The average Bonchev–Trinajstić information content (AvgIpc) is 3.01. The van der Waals surface area contributed by atoms with Gasteiger partial charge in [-0.3, -0.25) is 9.98 Å². The molecule has 0 saturated heterocycles. The first kappa shape index (κ1) is 15.4. The van der Waals surface area contributed by atoms with Gasteiger partial charge in [0.2, 0.25) is 0 Å². The molecule has 3 heteroatoms. The van der Waals surface area contributed by atoms with Crippen molar-refractivity contribution in [3.05, 3.63) is 85.0 Å². The first-order valence-electron chi connectivity index (χ1n) is 8.27. The quantitative estimate of drug-likeness (QED) is 0.316. The molecule has 0 aliphatic carbocycles. The molecule has 25 heavy (non-hydrogen) atoms. The van der Waals surface area contributed by atoms with Crippen LogP contribution in [0.2, 0.25) is 0 Å². The molecule has 3 nitrogen and oxygen atoms in total. The zero-order valence-electron chi connectivity index (χ0n) is 13.9. The Morgan fingerprint density at radius 3 is 2.44 bits per heavy atom. The number of benzene rings is 3. The van der Waals surface area contributed by atoms with Gasteiger partial charge in [-0.2, -0.15) is 0 Å². The largest absolute Gasteiger partial charge is 0.326 e. The summed E-state index contributed by atoms with van der Waals surface area (Å²) >= 11 is 0. The predicted molar refractivity (Wildman–Crippen MR) is 107 cm³/mol. The van der Waals surface area contributed by atoms with E-state index in [-0.39, 0.29) is 0 Å². The van der Waals surface area contributed by atoms with E-state index in [4.69, 9.17) is 11.1 Å². The van der Waals surface area contributed by atoms with Crippen molar-refractivity contribution >= 4 is 38.4 Å². The lowest BCUT2D eigenvalue weighted by atomic mass is 10.0. The van der Waals surface area contributed by atoms with Gasteiger partial charge in [-0.05, 0) is 34.6 Å². The number of rotatable bonds is 3. The summed E-state index contributed by atoms with van der Waals surface area (Å²) in [6.07, 6.45) is 3.49. The monoisotopic (exact) mass is 325 g/mol. The molecular weight excluding hydrogens is 306 g/mol. The first-order valence-corrected chi connectivity index (χ1v) is 8.27. The third-order valence-electron chi connectivity index (χ3n) is 4.62. The molecule has 1 aromatic heterocycles. The van der Waals surface area contributed by atoms with E-state index in [9.17, 15) is 0 Å². The fourth-order valence-electron chi connectivity index (χ4n) is 3.44. The molecule has 3 aromatic carbocycles. The Kier molecular flexibility index (Phi) is 3.71. The Labute approximate surface area is 146 Å². The van der Waals surface area contributed by atoms with Crippen molar-refractivity contribution in [3.63, 3.8) is 0 Å². The second-order valence-electron chi connectivity index (χ2n) is 6.05. The maximum atomic E-state index is 8.64. The summed E-state index contributed by atoms with van der Waals surface area (Å²) in [6, 6.07) is 20.8. The van der Waals surface area contributed by atoms with E-state index in [1.807, 2.05) is 16.7 Å². The van der Waals surface area contributed by atoms with Crippen molar-refractivity contribution in [3.8, 4) is 0 Å². The van der Waals surface area contributed by atoms with Crippen LogP contribution in [0.25, 0.3) is 32.6 Å². The minimum atomic E-state index is 0.367. The highest BCUT2D eigenvalue weighted by Crippen LogP contribution is 2.34. The number of hydrogen-bond donors (Lipinski definition) is 2. The second kappa shape index (κ2) is 6.04. The standard InChI is InChI=1S/C22H19N3/c1-2-15(14-23)13-21(24)25-19-10-6-5-9-18(19)22-17-8-4-3-7-16(17)11-12-20(22)25/h2-13,24H,1,14,23H2/b15-13+,24-21?. The van der Waals surface area contributed by atoms with E-state index in [0.717, 1.165) is 22.0 Å². The van der Waals surface area contributed by atoms with Crippen LogP contribution in [0, 0.1) is 5.41 Å². The molecule has 0 aliphatic rings. The molecule has 0 unspecified atom stereocenters. The fraction of sp³-hybridized carbons (Fsp3) is 0.0455. The SMILES string of the molecule is C=C/C(=C\C(=N)n1c2ccccc2c2c3ccccc3ccc21)CN. The molecular formula is C22H19N3. The molecule has 0 aliphatic heterocycles. The Hall–Kier alpha value is -3.17. The fourth-order valence-corrected chi connectivity index (χ4v) is 3.44. The molecule has 0 spiro atoms. The molecule has 0 atom stereocenters. The third kappa shape index (κ3) is 2.37. The Bertz CT molecular complexity index is 1160. The molecule has 0 amide bonds. The van der Waals surface area contributed by atoms with Crippen molar-refractivity contribution in [2.24, 2.45) is 5.73 Å². The average molecular weight is 325 g/mol. The lowest BCUT2D eigenvalue weighted by Crippen LogP contribution is -2.10. The lowest BCUT2D eigenvalue weighted by Gasteiger charge is -2.07. The molecule has 0 radical (unpaired) electrons. The summed E-state index contributed by atoms with van der Waals surface area (Å²) in [5, 5.41) is 13.4. The van der Waals surface area contributed by atoms with Crippen LogP contribution in [-0.2, 0) is 0 Å². The van der Waals surface area contributed by atoms with Gasteiger partial charge < -0.3 is 5.73 Å². The van der Waals surface area contributed by atoms with Crippen LogP contribution >= 0.6 is 0 Å². The van der Waals surface area contributed by atoms with Crippen LogP contribution in [0.3, 0.4) is 0 Å². The molecule has 3 N–H and O–H groups in total.